The average Bonchev–Trinajstić information content (AvgIpc) is 3.25. The van der Waals surface area contributed by atoms with Gasteiger partial charge in [-0.15, -0.1) is 11.3 Å². The molecule has 5 nitrogen and oxygen atoms in total. The van der Waals surface area contributed by atoms with E-state index < -0.39 is 0 Å². The Labute approximate surface area is 143 Å². The molecule has 6 heteroatoms. The van der Waals surface area contributed by atoms with E-state index in [0.717, 1.165) is 39.0 Å². The van der Waals surface area contributed by atoms with Crippen LogP contribution in [0.1, 0.15) is 31.6 Å². The average molecular weight is 340 g/mol. The fourth-order valence-electron chi connectivity index (χ4n) is 2.92. The molecule has 2 heterocycles. The van der Waals surface area contributed by atoms with Crippen LogP contribution in [-0.4, -0.2) is 60.6 Å². The molecule has 0 bridgehead atoms. The minimum absolute atomic E-state index is 0.0373. The van der Waals surface area contributed by atoms with E-state index in [0.29, 0.717) is 13.1 Å². The van der Waals surface area contributed by atoms with E-state index in [9.17, 15) is 4.79 Å². The third kappa shape index (κ3) is 5.28. The largest absolute Gasteiger partial charge is 0.364 e. The number of thiophene rings is 1. The molecule has 1 aliphatic heterocycles. The minimum atomic E-state index is -0.319. The molecule has 0 aliphatic carbocycles. The molecule has 1 amide bonds. The lowest BCUT2D eigenvalue weighted by molar-refractivity contribution is -0.143. The van der Waals surface area contributed by atoms with E-state index in [1.54, 1.807) is 11.3 Å². The van der Waals surface area contributed by atoms with Crippen molar-refractivity contribution in [3.63, 3.8) is 0 Å². The third-order valence-electron chi connectivity index (χ3n) is 4.46. The second kappa shape index (κ2) is 9.37. The van der Waals surface area contributed by atoms with Crippen LogP contribution in [0.15, 0.2) is 17.5 Å². The highest BCUT2D eigenvalue weighted by Crippen LogP contribution is 2.22. The van der Waals surface area contributed by atoms with Gasteiger partial charge in [0.2, 0.25) is 0 Å². The number of carbonyl (C=O) groups excluding carboxylic acids is 1. The van der Waals surface area contributed by atoms with Crippen molar-refractivity contribution in [2.45, 2.75) is 45.4 Å². The molecule has 1 aromatic heterocycles. The van der Waals surface area contributed by atoms with Crippen molar-refractivity contribution in [3.05, 3.63) is 22.4 Å². The zero-order chi connectivity index (χ0) is 16.7. The molecule has 0 unspecified atom stereocenters. The molecule has 1 fully saturated rings. The van der Waals surface area contributed by atoms with Crippen molar-refractivity contribution in [1.29, 1.82) is 0 Å². The zero-order valence-electron chi connectivity index (χ0n) is 14.2. The summed E-state index contributed by atoms with van der Waals surface area (Å²) in [4.78, 5) is 18.4. The van der Waals surface area contributed by atoms with E-state index in [1.165, 1.54) is 4.88 Å². The van der Waals surface area contributed by atoms with Gasteiger partial charge in [0, 0.05) is 24.5 Å². The van der Waals surface area contributed by atoms with Crippen LogP contribution in [0.2, 0.25) is 0 Å². The predicted molar refractivity (Wildman–Crippen MR) is 94.5 cm³/mol. The summed E-state index contributed by atoms with van der Waals surface area (Å²) in [5, 5.41) is 2.05. The third-order valence-corrected chi connectivity index (χ3v) is 5.33. The van der Waals surface area contributed by atoms with Crippen molar-refractivity contribution in [3.8, 4) is 0 Å². The molecule has 0 saturated carbocycles. The van der Waals surface area contributed by atoms with Crippen molar-refractivity contribution in [2.24, 2.45) is 5.73 Å². The molecule has 2 atom stereocenters. The van der Waals surface area contributed by atoms with Crippen molar-refractivity contribution in [2.75, 3.05) is 32.7 Å². The molecule has 0 spiro atoms. The molecule has 1 aromatic rings. The highest BCUT2D eigenvalue weighted by molar-refractivity contribution is 7.09. The van der Waals surface area contributed by atoms with Gasteiger partial charge in [-0.2, -0.15) is 0 Å². The number of ether oxygens (including phenoxy) is 1. The maximum atomic E-state index is 12.9. The molecular weight excluding hydrogens is 310 g/mol. The van der Waals surface area contributed by atoms with E-state index in [4.69, 9.17) is 10.5 Å². The zero-order valence-corrected chi connectivity index (χ0v) is 15.1. The summed E-state index contributed by atoms with van der Waals surface area (Å²) in [7, 11) is 0. The second-order valence-corrected chi connectivity index (χ2v) is 6.96. The number of amides is 1. The molecule has 23 heavy (non-hydrogen) atoms. The van der Waals surface area contributed by atoms with Crippen molar-refractivity contribution < 1.29 is 9.53 Å². The Hall–Kier alpha value is -0.950. The van der Waals surface area contributed by atoms with Gasteiger partial charge in [0.1, 0.15) is 6.10 Å². The van der Waals surface area contributed by atoms with E-state index in [-0.39, 0.29) is 18.1 Å². The fourth-order valence-corrected chi connectivity index (χ4v) is 3.64. The van der Waals surface area contributed by atoms with Gasteiger partial charge in [0.25, 0.3) is 5.91 Å². The van der Waals surface area contributed by atoms with Crippen molar-refractivity contribution in [1.82, 2.24) is 9.80 Å². The molecule has 2 rings (SSSR count). The number of nitrogens with two attached hydrogens (primary N) is 1. The molecule has 130 valence electrons. The van der Waals surface area contributed by atoms with Gasteiger partial charge in [-0.3, -0.25) is 4.79 Å². The number of hydrogen-bond acceptors (Lipinski definition) is 5. The van der Waals surface area contributed by atoms with Gasteiger partial charge < -0.3 is 20.3 Å². The Kier molecular flexibility index (Phi) is 7.49. The summed E-state index contributed by atoms with van der Waals surface area (Å²) >= 11 is 1.69. The van der Waals surface area contributed by atoms with Gasteiger partial charge in [0.15, 0.2) is 0 Å². The van der Waals surface area contributed by atoms with Gasteiger partial charge in [-0.25, -0.2) is 0 Å². The Morgan fingerprint density at radius 1 is 1.35 bits per heavy atom. The summed E-state index contributed by atoms with van der Waals surface area (Å²) in [5.74, 6) is 0.113. The molecule has 1 aliphatic rings. The smallest absolute Gasteiger partial charge is 0.252 e. The first-order chi connectivity index (χ1) is 11.2. The lowest BCUT2D eigenvalue weighted by Gasteiger charge is -2.28. The van der Waals surface area contributed by atoms with E-state index in [1.807, 2.05) is 11.0 Å². The van der Waals surface area contributed by atoms with Crippen LogP contribution in [0, 0.1) is 0 Å². The predicted octanol–water partition coefficient (Wildman–Crippen LogP) is 1.92. The quantitative estimate of drug-likeness (QED) is 0.747. The number of nitrogens with zero attached hydrogens (tertiary/aromatic N) is 2. The summed E-state index contributed by atoms with van der Waals surface area (Å²) in [6, 6.07) is 4.12. The molecule has 1 saturated heterocycles. The maximum absolute atomic E-state index is 12.9. The second-order valence-electron chi connectivity index (χ2n) is 5.93. The highest BCUT2D eigenvalue weighted by atomic mass is 32.1. The normalized spacial score (nSPS) is 21.0. The number of rotatable bonds is 9. The number of likely N-dealkylation sites (N-methyl/N-ethyl adjacent to an activating group) is 1. The van der Waals surface area contributed by atoms with Crippen LogP contribution in [0.4, 0.5) is 0 Å². The maximum Gasteiger partial charge on any atom is 0.252 e. The van der Waals surface area contributed by atoms with Gasteiger partial charge in [0.05, 0.1) is 12.6 Å². The lowest BCUT2D eigenvalue weighted by atomic mass is 10.1. The van der Waals surface area contributed by atoms with Crippen LogP contribution in [0.5, 0.6) is 0 Å². The van der Waals surface area contributed by atoms with Gasteiger partial charge in [-0.05, 0) is 37.4 Å². The molecular formula is C17H29N3O2S. The monoisotopic (exact) mass is 339 g/mol. The molecule has 2 N–H and O–H groups in total. The van der Waals surface area contributed by atoms with Crippen molar-refractivity contribution >= 4 is 17.2 Å². The standard InChI is InChI=1S/C17H29N3O2S/c1-3-19(4-2)9-10-20(13-15-6-5-11-23-15)17(21)16-8-7-14(12-18)22-16/h5-6,11,14,16H,3-4,7-10,12-13,18H2,1-2H3/t14-,16+/m1/s1. The van der Waals surface area contributed by atoms with Crippen LogP contribution < -0.4 is 5.73 Å². The number of hydrogen-bond donors (Lipinski definition) is 1. The Morgan fingerprint density at radius 2 is 2.13 bits per heavy atom. The summed E-state index contributed by atoms with van der Waals surface area (Å²) < 4.78 is 5.81. The van der Waals surface area contributed by atoms with Gasteiger partial charge in [-0.1, -0.05) is 19.9 Å². The van der Waals surface area contributed by atoms with Crippen LogP contribution >= 0.6 is 11.3 Å². The SMILES string of the molecule is CCN(CC)CCN(Cc1cccs1)C(=O)[C@@H]1CC[C@H](CN)O1. The van der Waals surface area contributed by atoms with Crippen LogP contribution in [-0.2, 0) is 16.1 Å². The topological polar surface area (TPSA) is 58.8 Å². The molecule has 0 aromatic carbocycles. The van der Waals surface area contributed by atoms with Crippen LogP contribution in [0.25, 0.3) is 0 Å². The minimum Gasteiger partial charge on any atom is -0.364 e. The number of carbonyl (C=O) groups is 1. The summed E-state index contributed by atoms with van der Waals surface area (Å²) in [5.41, 5.74) is 5.66. The first-order valence-electron chi connectivity index (χ1n) is 8.56. The molecule has 0 radical (unpaired) electrons. The Morgan fingerprint density at radius 3 is 2.70 bits per heavy atom. The Bertz CT molecular complexity index is 462. The Balaban J connectivity index is 1.98. The van der Waals surface area contributed by atoms with Crippen LogP contribution in [0.3, 0.4) is 0 Å². The fraction of sp³-hybridized carbons (Fsp3) is 0.706. The van der Waals surface area contributed by atoms with E-state index in [2.05, 4.69) is 30.2 Å². The highest BCUT2D eigenvalue weighted by Gasteiger charge is 2.33. The van der Waals surface area contributed by atoms with E-state index >= 15 is 0 Å². The first kappa shape index (κ1) is 18.4. The lowest BCUT2D eigenvalue weighted by Crippen LogP contribution is -2.43. The summed E-state index contributed by atoms with van der Waals surface area (Å²) in [6.45, 7) is 9.13. The first-order valence-corrected chi connectivity index (χ1v) is 9.44. The van der Waals surface area contributed by atoms with Gasteiger partial charge >= 0.3 is 0 Å². The summed E-state index contributed by atoms with van der Waals surface area (Å²) in [6.07, 6.45) is 1.39.